The minimum atomic E-state index is -0.922. The lowest BCUT2D eigenvalue weighted by atomic mass is 10.0. The summed E-state index contributed by atoms with van der Waals surface area (Å²) in [6, 6.07) is 6.15. The molecule has 2 atom stereocenters. The Balaban J connectivity index is 1.80. The SMILES string of the molecule is CCOC(=O)/C=C(/C=O)CN(C[C@@H]1CCNC1=O)NC(=O)[C@H](CC(C)C)NC(=O)c1cc2c(OC)cccc2[nH]1. The molecule has 0 aliphatic carbocycles. The van der Waals surface area contributed by atoms with Gasteiger partial charge in [-0.1, -0.05) is 19.9 Å². The average molecular weight is 556 g/mol. The molecule has 3 rings (SSSR count). The van der Waals surface area contributed by atoms with Crippen molar-refractivity contribution >= 4 is 40.9 Å². The standard InChI is InChI=1S/C28H37N5O7/c1-5-40-25(35)12-18(16-34)14-33(15-19-9-10-29-26(19)36)32-28(38)22(11-17(2)3)31-27(37)23-13-20-21(30-23)7-6-8-24(20)39-4/h6-8,12-13,16-17,19,22,30H,5,9-11,14-15H2,1-4H3,(H,29,36)(H,31,37)(H,32,38)/b18-12+/t19-,22-/m0/s1. The third-order valence-corrected chi connectivity index (χ3v) is 6.40. The van der Waals surface area contributed by atoms with Crippen LogP contribution in [-0.4, -0.2) is 79.4 Å². The summed E-state index contributed by atoms with van der Waals surface area (Å²) in [5.74, 6) is -1.60. The van der Waals surface area contributed by atoms with E-state index < -0.39 is 29.7 Å². The second kappa shape index (κ2) is 14.3. The fraction of sp³-hybridized carbons (Fsp3) is 0.464. The molecule has 1 aromatic carbocycles. The molecule has 2 aromatic rings. The van der Waals surface area contributed by atoms with Crippen LogP contribution in [0.15, 0.2) is 35.9 Å². The van der Waals surface area contributed by atoms with E-state index in [0.717, 1.165) is 11.5 Å². The zero-order valence-electron chi connectivity index (χ0n) is 23.2. The Morgan fingerprint density at radius 3 is 2.65 bits per heavy atom. The first-order chi connectivity index (χ1) is 19.1. The zero-order chi connectivity index (χ0) is 29.2. The number of fused-ring (bicyclic) bond motifs is 1. The monoisotopic (exact) mass is 555 g/mol. The van der Waals surface area contributed by atoms with Crippen molar-refractivity contribution in [1.82, 2.24) is 26.1 Å². The Labute approximate surface area is 232 Å². The van der Waals surface area contributed by atoms with Gasteiger partial charge in [0.25, 0.3) is 11.8 Å². The third kappa shape index (κ3) is 8.15. The highest BCUT2D eigenvalue weighted by Crippen LogP contribution is 2.26. The van der Waals surface area contributed by atoms with E-state index in [1.54, 1.807) is 32.2 Å². The molecule has 12 heteroatoms. The third-order valence-electron chi connectivity index (χ3n) is 6.40. The molecule has 1 aromatic heterocycles. The van der Waals surface area contributed by atoms with Gasteiger partial charge in [-0.2, -0.15) is 0 Å². The molecule has 3 amide bonds. The number of rotatable bonds is 14. The van der Waals surface area contributed by atoms with Crippen molar-refractivity contribution in [2.24, 2.45) is 11.8 Å². The molecule has 0 radical (unpaired) electrons. The fourth-order valence-electron chi connectivity index (χ4n) is 4.51. The van der Waals surface area contributed by atoms with Gasteiger partial charge in [0.15, 0.2) is 0 Å². The second-order valence-corrected chi connectivity index (χ2v) is 9.98. The number of hydrazine groups is 1. The van der Waals surface area contributed by atoms with E-state index in [0.29, 0.717) is 36.9 Å². The first kappa shape index (κ1) is 30.4. The number of aromatic nitrogens is 1. The van der Waals surface area contributed by atoms with Crippen LogP contribution in [-0.2, 0) is 23.9 Å². The van der Waals surface area contributed by atoms with E-state index >= 15 is 0 Å². The molecule has 12 nitrogen and oxygen atoms in total. The maximum Gasteiger partial charge on any atom is 0.331 e. The van der Waals surface area contributed by atoms with Gasteiger partial charge in [0.05, 0.1) is 19.6 Å². The number of benzene rings is 1. The molecule has 40 heavy (non-hydrogen) atoms. The van der Waals surface area contributed by atoms with Gasteiger partial charge in [0.1, 0.15) is 23.8 Å². The lowest BCUT2D eigenvalue weighted by molar-refractivity contribution is -0.137. The van der Waals surface area contributed by atoms with Crippen LogP contribution in [0.1, 0.15) is 44.1 Å². The van der Waals surface area contributed by atoms with Crippen molar-refractivity contribution in [2.75, 3.05) is 33.4 Å². The number of amides is 3. The van der Waals surface area contributed by atoms with Crippen LogP contribution in [0.2, 0.25) is 0 Å². The molecule has 0 saturated carbocycles. The number of aldehydes is 1. The number of nitrogens with one attached hydrogen (secondary N) is 4. The highest BCUT2D eigenvalue weighted by Gasteiger charge is 2.30. The highest BCUT2D eigenvalue weighted by molar-refractivity contribution is 6.01. The maximum atomic E-state index is 13.5. The van der Waals surface area contributed by atoms with Crippen LogP contribution >= 0.6 is 0 Å². The van der Waals surface area contributed by atoms with E-state index in [2.05, 4.69) is 21.0 Å². The topological polar surface area (TPSA) is 159 Å². The van der Waals surface area contributed by atoms with E-state index in [1.165, 1.54) is 5.01 Å². The van der Waals surface area contributed by atoms with Crippen LogP contribution in [0.5, 0.6) is 5.75 Å². The van der Waals surface area contributed by atoms with Crippen molar-refractivity contribution in [1.29, 1.82) is 0 Å². The Bertz CT molecular complexity index is 1270. The predicted molar refractivity (Wildman–Crippen MR) is 147 cm³/mol. The molecule has 0 unspecified atom stereocenters. The molecule has 0 spiro atoms. The average Bonchev–Trinajstić information content (AvgIpc) is 3.53. The van der Waals surface area contributed by atoms with E-state index in [1.807, 2.05) is 19.9 Å². The molecule has 1 aliphatic rings. The molecule has 4 N–H and O–H groups in total. The minimum Gasteiger partial charge on any atom is -0.496 e. The molecular weight excluding hydrogens is 518 g/mol. The number of hydrogen-bond donors (Lipinski definition) is 4. The number of aromatic amines is 1. The molecule has 0 bridgehead atoms. The van der Waals surface area contributed by atoms with Gasteiger partial charge in [-0.25, -0.2) is 9.80 Å². The smallest absolute Gasteiger partial charge is 0.331 e. The van der Waals surface area contributed by atoms with E-state index in [-0.39, 0.29) is 42.8 Å². The maximum absolute atomic E-state index is 13.5. The summed E-state index contributed by atoms with van der Waals surface area (Å²) in [4.78, 5) is 65.6. The Hall–Kier alpha value is -4.19. The molecule has 1 aliphatic heterocycles. The molecule has 216 valence electrons. The highest BCUT2D eigenvalue weighted by atomic mass is 16.5. The van der Waals surface area contributed by atoms with Crippen molar-refractivity contribution in [3.05, 3.63) is 41.6 Å². The number of ether oxygens (including phenoxy) is 2. The molecule has 2 heterocycles. The zero-order valence-corrected chi connectivity index (χ0v) is 23.2. The molecular formula is C28H37N5O7. The van der Waals surface area contributed by atoms with Crippen molar-refractivity contribution < 1.29 is 33.4 Å². The summed E-state index contributed by atoms with van der Waals surface area (Å²) in [5, 5.41) is 7.70. The van der Waals surface area contributed by atoms with Crippen LogP contribution in [0.4, 0.5) is 0 Å². The summed E-state index contributed by atoms with van der Waals surface area (Å²) >= 11 is 0. The number of carbonyl (C=O) groups excluding carboxylic acids is 5. The van der Waals surface area contributed by atoms with Gasteiger partial charge in [-0.15, -0.1) is 0 Å². The minimum absolute atomic E-state index is 0.0576. The number of esters is 1. The van der Waals surface area contributed by atoms with E-state index in [9.17, 15) is 24.0 Å². The van der Waals surface area contributed by atoms with Gasteiger partial charge in [0, 0.05) is 42.2 Å². The summed E-state index contributed by atoms with van der Waals surface area (Å²) in [7, 11) is 1.55. The van der Waals surface area contributed by atoms with Crippen molar-refractivity contribution in [2.45, 2.75) is 39.7 Å². The normalized spacial score (nSPS) is 16.1. The van der Waals surface area contributed by atoms with Crippen LogP contribution in [0.25, 0.3) is 10.9 Å². The number of nitrogens with zero attached hydrogens (tertiary/aromatic N) is 1. The number of methoxy groups -OCH3 is 1. The van der Waals surface area contributed by atoms with Crippen LogP contribution in [0.3, 0.4) is 0 Å². The van der Waals surface area contributed by atoms with Crippen molar-refractivity contribution in [3.8, 4) is 5.75 Å². The summed E-state index contributed by atoms with van der Waals surface area (Å²) in [6.45, 7) is 6.11. The largest absolute Gasteiger partial charge is 0.496 e. The Morgan fingerprint density at radius 1 is 1.25 bits per heavy atom. The fourth-order valence-corrected chi connectivity index (χ4v) is 4.51. The molecule has 1 fully saturated rings. The lowest BCUT2D eigenvalue weighted by Crippen LogP contribution is -2.54. The predicted octanol–water partition coefficient (Wildman–Crippen LogP) is 1.48. The quantitative estimate of drug-likeness (QED) is 0.118. The van der Waals surface area contributed by atoms with Gasteiger partial charge >= 0.3 is 5.97 Å². The first-order valence-electron chi connectivity index (χ1n) is 13.3. The Morgan fingerprint density at radius 2 is 2.02 bits per heavy atom. The summed E-state index contributed by atoms with van der Waals surface area (Å²) in [6.07, 6.45) is 2.45. The van der Waals surface area contributed by atoms with Gasteiger partial charge in [-0.05, 0) is 43.9 Å². The molecule has 1 saturated heterocycles. The van der Waals surface area contributed by atoms with Crippen LogP contribution < -0.4 is 20.8 Å². The number of hydrogen-bond acceptors (Lipinski definition) is 8. The van der Waals surface area contributed by atoms with Gasteiger partial charge in [0.2, 0.25) is 5.91 Å². The van der Waals surface area contributed by atoms with Crippen molar-refractivity contribution in [3.63, 3.8) is 0 Å². The second-order valence-electron chi connectivity index (χ2n) is 9.98. The first-order valence-corrected chi connectivity index (χ1v) is 13.3. The van der Waals surface area contributed by atoms with Gasteiger partial charge in [-0.3, -0.25) is 24.6 Å². The lowest BCUT2D eigenvalue weighted by Gasteiger charge is -2.28. The number of carbonyl (C=O) groups is 5. The summed E-state index contributed by atoms with van der Waals surface area (Å²) < 4.78 is 10.3. The van der Waals surface area contributed by atoms with Gasteiger partial charge < -0.3 is 25.1 Å². The summed E-state index contributed by atoms with van der Waals surface area (Å²) in [5.41, 5.74) is 3.80. The van der Waals surface area contributed by atoms with E-state index in [4.69, 9.17) is 9.47 Å². The van der Waals surface area contributed by atoms with Crippen LogP contribution in [0, 0.1) is 11.8 Å². The Kier molecular flexibility index (Phi) is 10.8. The number of H-pyrrole nitrogens is 1.